The molecule has 0 aliphatic carbocycles. The van der Waals surface area contributed by atoms with Gasteiger partial charge in [-0.15, -0.1) is 0 Å². The summed E-state index contributed by atoms with van der Waals surface area (Å²) < 4.78 is 7.27. The van der Waals surface area contributed by atoms with Crippen LogP contribution in [0.15, 0.2) is 76.8 Å². The smallest absolute Gasteiger partial charge is 0.335 e. The number of amides is 4. The van der Waals surface area contributed by atoms with Crippen molar-refractivity contribution in [1.29, 1.82) is 0 Å². The lowest BCUT2D eigenvalue weighted by atomic mass is 10.1. The molecule has 0 aromatic heterocycles. The molecule has 176 valence electrons. The molecule has 0 radical (unpaired) electrons. The number of nitrogens with zero attached hydrogens (tertiary/aromatic N) is 2. The van der Waals surface area contributed by atoms with E-state index in [1.165, 1.54) is 18.2 Å². The van der Waals surface area contributed by atoms with E-state index in [9.17, 15) is 24.5 Å². The summed E-state index contributed by atoms with van der Waals surface area (Å²) in [5, 5.41) is 13.1. The van der Waals surface area contributed by atoms with Crippen LogP contribution >= 0.6 is 38.5 Å². The third kappa shape index (κ3) is 5.57. The molecule has 1 aliphatic rings. The Morgan fingerprint density at radius 1 is 1.06 bits per heavy atom. The number of barbiturate groups is 1. The molecule has 9 nitrogen and oxygen atoms in total. The Bertz CT molecular complexity index is 1390. The molecule has 0 atom stereocenters. The first-order valence-electron chi connectivity index (χ1n) is 10.1. The van der Waals surface area contributed by atoms with Crippen molar-refractivity contribution in [3.8, 4) is 5.75 Å². The minimum Gasteiger partial charge on any atom is -0.488 e. The summed E-state index contributed by atoms with van der Waals surface area (Å²) in [4.78, 5) is 49.1. The average Bonchev–Trinajstić information content (AvgIpc) is 2.82. The minimum absolute atomic E-state index is 0.0196. The quantitative estimate of drug-likeness (QED) is 0.129. The number of benzene rings is 3. The predicted molar refractivity (Wildman–Crippen MR) is 140 cm³/mol. The van der Waals surface area contributed by atoms with Crippen LogP contribution in [0.4, 0.5) is 16.2 Å². The number of halogens is 2. The van der Waals surface area contributed by atoms with Crippen LogP contribution in [0.3, 0.4) is 0 Å². The van der Waals surface area contributed by atoms with Gasteiger partial charge < -0.3 is 4.74 Å². The van der Waals surface area contributed by atoms with Crippen LogP contribution in [0.5, 0.6) is 5.75 Å². The van der Waals surface area contributed by atoms with Crippen molar-refractivity contribution < 1.29 is 24.0 Å². The lowest BCUT2D eigenvalue weighted by Crippen LogP contribution is -2.54. The molecule has 1 heterocycles. The van der Waals surface area contributed by atoms with Gasteiger partial charge in [-0.2, -0.15) is 0 Å². The van der Waals surface area contributed by atoms with Crippen molar-refractivity contribution in [1.82, 2.24) is 5.32 Å². The zero-order valence-electron chi connectivity index (χ0n) is 17.7. The highest BCUT2D eigenvalue weighted by Crippen LogP contribution is 2.27. The molecular formula is C24H15BrIN3O6. The van der Waals surface area contributed by atoms with Crippen LogP contribution in [0.2, 0.25) is 0 Å². The Kier molecular flexibility index (Phi) is 7.26. The lowest BCUT2D eigenvalue weighted by molar-refractivity contribution is -0.384. The number of non-ortho nitro benzene ring substituents is 1. The van der Waals surface area contributed by atoms with Crippen molar-refractivity contribution in [2.75, 3.05) is 4.90 Å². The third-order valence-corrected chi connectivity index (χ3v) is 6.34. The minimum atomic E-state index is -0.820. The van der Waals surface area contributed by atoms with Gasteiger partial charge in [0.2, 0.25) is 0 Å². The van der Waals surface area contributed by atoms with E-state index in [1.807, 2.05) is 0 Å². The second-order valence-electron chi connectivity index (χ2n) is 7.34. The molecule has 4 amide bonds. The number of ether oxygens (including phenoxy) is 1. The summed E-state index contributed by atoms with van der Waals surface area (Å²) in [6.45, 7) is 0.128. The van der Waals surface area contributed by atoms with Gasteiger partial charge in [0.1, 0.15) is 17.9 Å². The maximum Gasteiger partial charge on any atom is 0.335 e. The fraction of sp³-hybridized carbons (Fsp3) is 0.0417. The standard InChI is InChI=1S/C24H15BrIN3O6/c25-16-5-7-17(8-6-16)28-23(31)19(22(30)27-24(28)32)11-14-4-9-21(20(26)12-14)35-13-15-2-1-3-18(10-15)29(33)34/h1-12H,13H2,(H,27,30,32)/b19-11+. The van der Waals surface area contributed by atoms with Crippen LogP contribution in [-0.4, -0.2) is 22.8 Å². The molecule has 1 fully saturated rings. The number of nitrogens with one attached hydrogen (secondary N) is 1. The van der Waals surface area contributed by atoms with Crippen LogP contribution in [0.25, 0.3) is 6.08 Å². The summed E-state index contributed by atoms with van der Waals surface area (Å²) >= 11 is 5.36. The Morgan fingerprint density at radius 2 is 1.80 bits per heavy atom. The highest BCUT2D eigenvalue weighted by atomic mass is 127. The highest BCUT2D eigenvalue weighted by molar-refractivity contribution is 14.1. The first-order chi connectivity index (χ1) is 16.7. The molecule has 35 heavy (non-hydrogen) atoms. The van der Waals surface area contributed by atoms with Crippen molar-refractivity contribution in [2.24, 2.45) is 0 Å². The predicted octanol–water partition coefficient (Wildman–Crippen LogP) is 5.21. The molecule has 0 spiro atoms. The Balaban J connectivity index is 1.54. The van der Waals surface area contributed by atoms with E-state index in [4.69, 9.17) is 4.74 Å². The summed E-state index contributed by atoms with van der Waals surface area (Å²) in [5.74, 6) is -0.984. The molecule has 1 aliphatic heterocycles. The maximum absolute atomic E-state index is 13.0. The Morgan fingerprint density at radius 3 is 2.49 bits per heavy atom. The molecule has 4 rings (SSSR count). The van der Waals surface area contributed by atoms with Gasteiger partial charge in [0.05, 0.1) is 14.2 Å². The number of anilines is 1. The molecule has 3 aromatic carbocycles. The molecular weight excluding hydrogens is 633 g/mol. The van der Waals surface area contributed by atoms with E-state index in [1.54, 1.807) is 54.6 Å². The van der Waals surface area contributed by atoms with Gasteiger partial charge in [-0.25, -0.2) is 9.69 Å². The Hall–Kier alpha value is -3.58. The summed E-state index contributed by atoms with van der Waals surface area (Å²) in [5.41, 5.74) is 1.32. The fourth-order valence-electron chi connectivity index (χ4n) is 3.29. The molecule has 1 saturated heterocycles. The van der Waals surface area contributed by atoms with Gasteiger partial charge in [-0.1, -0.05) is 34.1 Å². The normalized spacial score (nSPS) is 14.7. The number of urea groups is 1. The SMILES string of the molecule is O=C1NC(=O)N(c2ccc(Br)cc2)C(=O)/C1=C/c1ccc(OCc2cccc([N+](=O)[O-])c2)c(I)c1. The van der Waals surface area contributed by atoms with E-state index in [2.05, 4.69) is 43.8 Å². The van der Waals surface area contributed by atoms with Crippen molar-refractivity contribution >= 4 is 73.8 Å². The molecule has 0 unspecified atom stereocenters. The number of hydrogen-bond acceptors (Lipinski definition) is 6. The second-order valence-corrected chi connectivity index (χ2v) is 9.42. The van der Waals surface area contributed by atoms with Gasteiger partial charge >= 0.3 is 6.03 Å². The van der Waals surface area contributed by atoms with E-state index >= 15 is 0 Å². The average molecular weight is 648 g/mol. The Labute approximate surface area is 221 Å². The van der Waals surface area contributed by atoms with Crippen LogP contribution in [0.1, 0.15) is 11.1 Å². The van der Waals surface area contributed by atoms with Gasteiger partial charge in [0.25, 0.3) is 17.5 Å². The zero-order valence-corrected chi connectivity index (χ0v) is 21.5. The first-order valence-corrected chi connectivity index (χ1v) is 11.9. The van der Waals surface area contributed by atoms with Crippen LogP contribution in [-0.2, 0) is 16.2 Å². The molecule has 0 bridgehead atoms. The second kappa shape index (κ2) is 10.4. The lowest BCUT2D eigenvalue weighted by Gasteiger charge is -2.26. The van der Waals surface area contributed by atoms with E-state index in [0.717, 1.165) is 9.37 Å². The first kappa shape index (κ1) is 24.5. The highest BCUT2D eigenvalue weighted by Gasteiger charge is 2.36. The zero-order chi connectivity index (χ0) is 25.1. The maximum atomic E-state index is 13.0. The number of rotatable bonds is 6. The van der Waals surface area contributed by atoms with Crippen molar-refractivity contribution in [2.45, 2.75) is 6.61 Å². The van der Waals surface area contributed by atoms with Gasteiger partial charge in [0, 0.05) is 16.6 Å². The number of carbonyl (C=O) groups is 3. The number of carbonyl (C=O) groups excluding carboxylic acids is 3. The van der Waals surface area contributed by atoms with Crippen molar-refractivity contribution in [3.63, 3.8) is 0 Å². The van der Waals surface area contributed by atoms with E-state index in [-0.39, 0.29) is 17.9 Å². The fourth-order valence-corrected chi connectivity index (χ4v) is 4.25. The van der Waals surface area contributed by atoms with Gasteiger partial charge in [-0.05, 0) is 76.2 Å². The van der Waals surface area contributed by atoms with Gasteiger partial charge in [0.15, 0.2) is 0 Å². The van der Waals surface area contributed by atoms with Crippen LogP contribution in [0, 0.1) is 13.7 Å². The molecule has 3 aromatic rings. The summed E-state index contributed by atoms with van der Waals surface area (Å²) in [7, 11) is 0. The molecule has 1 N–H and O–H groups in total. The number of hydrogen-bond donors (Lipinski definition) is 1. The van der Waals surface area contributed by atoms with Gasteiger partial charge in [-0.3, -0.25) is 25.0 Å². The van der Waals surface area contributed by atoms with E-state index in [0.29, 0.717) is 26.1 Å². The topological polar surface area (TPSA) is 119 Å². The summed E-state index contributed by atoms with van der Waals surface area (Å²) in [6.07, 6.45) is 1.41. The van der Waals surface area contributed by atoms with Crippen LogP contribution < -0.4 is 15.0 Å². The third-order valence-electron chi connectivity index (χ3n) is 4.97. The monoisotopic (exact) mass is 647 g/mol. The van der Waals surface area contributed by atoms with Crippen molar-refractivity contribution in [3.05, 3.63) is 102 Å². The van der Waals surface area contributed by atoms with E-state index < -0.39 is 22.8 Å². The number of nitro groups is 1. The largest absolute Gasteiger partial charge is 0.488 e. The molecule has 0 saturated carbocycles. The molecule has 11 heteroatoms. The number of imide groups is 2. The summed E-state index contributed by atoms with van der Waals surface area (Å²) in [6, 6.07) is 17.0. The number of nitro benzene ring substituents is 1.